The first-order valence-electron chi connectivity index (χ1n) is 5.58. The highest BCUT2D eigenvalue weighted by Gasteiger charge is 2.27. The molecule has 1 aromatic carbocycles. The second kappa shape index (κ2) is 4.37. The molecule has 0 amide bonds. The van der Waals surface area contributed by atoms with Crippen molar-refractivity contribution in [1.29, 1.82) is 0 Å². The number of nitrogens with zero attached hydrogens (tertiary/aromatic N) is 1. The topological polar surface area (TPSA) is 45.8 Å². The van der Waals surface area contributed by atoms with Gasteiger partial charge in [-0.05, 0) is 6.07 Å². The van der Waals surface area contributed by atoms with Crippen LogP contribution >= 0.6 is 11.8 Å². The Kier molecular flexibility index (Phi) is 2.73. The first-order valence-corrected chi connectivity index (χ1v) is 6.57. The number of ketones is 1. The number of nitrogens with one attached hydrogen (secondary N) is 1. The molecule has 4 heteroatoms. The zero-order chi connectivity index (χ0) is 11.7. The van der Waals surface area contributed by atoms with E-state index in [4.69, 9.17) is 0 Å². The van der Waals surface area contributed by atoms with Crippen molar-refractivity contribution in [3.05, 3.63) is 48.0 Å². The minimum atomic E-state index is 0.0539. The summed E-state index contributed by atoms with van der Waals surface area (Å²) in [5.74, 6) is 1.16. The van der Waals surface area contributed by atoms with E-state index in [0.29, 0.717) is 0 Å². The van der Waals surface area contributed by atoms with Gasteiger partial charge in [-0.3, -0.25) is 4.79 Å². The fraction of sp³-hybridized carbons (Fsp3) is 0.231. The van der Waals surface area contributed by atoms with Crippen LogP contribution in [0.25, 0.3) is 0 Å². The third-order valence-corrected chi connectivity index (χ3v) is 4.21. The molecule has 86 valence electrons. The van der Waals surface area contributed by atoms with Crippen LogP contribution in [0, 0.1) is 5.92 Å². The average molecular weight is 244 g/mol. The summed E-state index contributed by atoms with van der Waals surface area (Å²) < 4.78 is 0. The van der Waals surface area contributed by atoms with E-state index in [1.165, 1.54) is 0 Å². The second-order valence-corrected chi connectivity index (χ2v) is 5.19. The monoisotopic (exact) mass is 244 g/mol. The van der Waals surface area contributed by atoms with E-state index < -0.39 is 0 Å². The van der Waals surface area contributed by atoms with Gasteiger partial charge >= 0.3 is 0 Å². The molecule has 0 fully saturated rings. The third kappa shape index (κ3) is 2.00. The maximum Gasteiger partial charge on any atom is 0.168 e. The summed E-state index contributed by atoms with van der Waals surface area (Å²) in [4.78, 5) is 20.5. The van der Waals surface area contributed by atoms with Gasteiger partial charge in [0.2, 0.25) is 0 Å². The van der Waals surface area contributed by atoms with Crippen molar-refractivity contribution in [1.82, 2.24) is 9.97 Å². The molecular weight excluding hydrogens is 232 g/mol. The number of hydrogen-bond donors (Lipinski definition) is 1. The molecule has 2 heterocycles. The minimum Gasteiger partial charge on any atom is -0.351 e. The van der Waals surface area contributed by atoms with Gasteiger partial charge in [-0.2, -0.15) is 0 Å². The molecule has 0 radical (unpaired) electrons. The van der Waals surface area contributed by atoms with E-state index in [1.807, 2.05) is 30.5 Å². The Labute approximate surface area is 104 Å². The number of fused-ring (bicyclic) bond motifs is 1. The first-order chi connectivity index (χ1) is 8.34. The number of H-pyrrole nitrogens is 1. The molecule has 3 nitrogen and oxygen atoms in total. The zero-order valence-electron chi connectivity index (χ0n) is 9.22. The van der Waals surface area contributed by atoms with Crippen molar-refractivity contribution in [2.75, 3.05) is 5.75 Å². The number of imidazole rings is 1. The molecule has 0 saturated heterocycles. The van der Waals surface area contributed by atoms with Gasteiger partial charge in [0.05, 0.1) is 12.0 Å². The van der Waals surface area contributed by atoms with Crippen molar-refractivity contribution >= 4 is 17.5 Å². The number of aromatic amines is 1. The SMILES string of the molecule is O=C1c2ccccc2SCC1Cc1c[nH]cn1. The Morgan fingerprint density at radius 1 is 1.41 bits per heavy atom. The highest BCUT2D eigenvalue weighted by Crippen LogP contribution is 2.33. The molecule has 0 bridgehead atoms. The van der Waals surface area contributed by atoms with Gasteiger partial charge in [-0.25, -0.2) is 4.98 Å². The zero-order valence-corrected chi connectivity index (χ0v) is 10.0. The average Bonchev–Trinajstić information content (AvgIpc) is 2.86. The molecule has 1 atom stereocenters. The molecular formula is C13H12N2OS. The maximum absolute atomic E-state index is 12.3. The van der Waals surface area contributed by atoms with E-state index in [0.717, 1.165) is 28.3 Å². The van der Waals surface area contributed by atoms with Crippen LogP contribution in [0.5, 0.6) is 0 Å². The Bertz CT molecular complexity index is 536. The van der Waals surface area contributed by atoms with Gasteiger partial charge in [0.25, 0.3) is 0 Å². The number of carbonyl (C=O) groups excluding carboxylic acids is 1. The smallest absolute Gasteiger partial charge is 0.168 e. The molecule has 0 aliphatic carbocycles. The number of rotatable bonds is 2. The molecule has 2 aromatic rings. The van der Waals surface area contributed by atoms with Gasteiger partial charge < -0.3 is 4.98 Å². The summed E-state index contributed by atoms with van der Waals surface area (Å²) in [5.41, 5.74) is 1.83. The van der Waals surface area contributed by atoms with Crippen molar-refractivity contribution in [3.8, 4) is 0 Å². The fourth-order valence-electron chi connectivity index (χ4n) is 2.09. The van der Waals surface area contributed by atoms with E-state index in [9.17, 15) is 4.79 Å². The van der Waals surface area contributed by atoms with Crippen molar-refractivity contribution in [3.63, 3.8) is 0 Å². The van der Waals surface area contributed by atoms with Crippen LogP contribution < -0.4 is 0 Å². The van der Waals surface area contributed by atoms with Crippen molar-refractivity contribution < 1.29 is 4.79 Å². The van der Waals surface area contributed by atoms with Crippen LogP contribution in [-0.2, 0) is 6.42 Å². The Morgan fingerprint density at radius 3 is 3.12 bits per heavy atom. The third-order valence-electron chi connectivity index (χ3n) is 2.97. The number of hydrogen-bond acceptors (Lipinski definition) is 3. The van der Waals surface area contributed by atoms with Crippen LogP contribution in [0.3, 0.4) is 0 Å². The molecule has 3 rings (SSSR count). The number of benzene rings is 1. The van der Waals surface area contributed by atoms with Crippen molar-refractivity contribution in [2.45, 2.75) is 11.3 Å². The number of aromatic nitrogens is 2. The lowest BCUT2D eigenvalue weighted by Crippen LogP contribution is -2.24. The lowest BCUT2D eigenvalue weighted by atomic mass is 9.94. The lowest BCUT2D eigenvalue weighted by molar-refractivity contribution is 0.0926. The maximum atomic E-state index is 12.3. The van der Waals surface area contributed by atoms with Gasteiger partial charge in [0.1, 0.15) is 0 Å². The Morgan fingerprint density at radius 2 is 2.29 bits per heavy atom. The Hall–Kier alpha value is -1.55. The first kappa shape index (κ1) is 10.6. The largest absolute Gasteiger partial charge is 0.351 e. The summed E-state index contributed by atoms with van der Waals surface area (Å²) in [6.07, 6.45) is 4.24. The number of Topliss-reactive ketones (excluding diaryl/α,β-unsaturated/α-hetero) is 1. The van der Waals surface area contributed by atoms with Gasteiger partial charge in [-0.15, -0.1) is 11.8 Å². The van der Waals surface area contributed by atoms with Crippen molar-refractivity contribution in [2.24, 2.45) is 5.92 Å². The highest BCUT2D eigenvalue weighted by molar-refractivity contribution is 7.99. The second-order valence-electron chi connectivity index (χ2n) is 4.13. The molecule has 1 unspecified atom stereocenters. The van der Waals surface area contributed by atoms with Crippen LogP contribution in [0.2, 0.25) is 0 Å². The molecule has 17 heavy (non-hydrogen) atoms. The molecule has 0 saturated carbocycles. The van der Waals surface area contributed by atoms with Crippen LogP contribution in [0.15, 0.2) is 41.7 Å². The summed E-state index contributed by atoms with van der Waals surface area (Å²) in [6, 6.07) is 7.84. The van der Waals surface area contributed by atoms with Crippen LogP contribution in [0.1, 0.15) is 16.1 Å². The fourth-order valence-corrected chi connectivity index (χ4v) is 3.24. The molecule has 1 aliphatic heterocycles. The van der Waals surface area contributed by atoms with Gasteiger partial charge in [0.15, 0.2) is 5.78 Å². The predicted octanol–water partition coefficient (Wildman–Crippen LogP) is 2.56. The summed E-state index contributed by atoms with van der Waals surface area (Å²) in [5, 5.41) is 0. The van der Waals surface area contributed by atoms with E-state index in [2.05, 4.69) is 9.97 Å². The van der Waals surface area contributed by atoms with E-state index in [-0.39, 0.29) is 11.7 Å². The summed E-state index contributed by atoms with van der Waals surface area (Å²) in [6.45, 7) is 0. The Balaban J connectivity index is 1.84. The summed E-state index contributed by atoms with van der Waals surface area (Å²) in [7, 11) is 0. The minimum absolute atomic E-state index is 0.0539. The standard InChI is InChI=1S/C13H12N2OS/c16-13-9(5-10-6-14-8-15-10)7-17-12-4-2-1-3-11(12)13/h1-4,6,8-9H,5,7H2,(H,14,15). The van der Waals surface area contributed by atoms with Gasteiger partial charge in [0, 0.05) is 34.7 Å². The predicted molar refractivity (Wildman–Crippen MR) is 67.3 cm³/mol. The summed E-state index contributed by atoms with van der Waals surface area (Å²) >= 11 is 1.76. The van der Waals surface area contributed by atoms with E-state index >= 15 is 0 Å². The normalized spacial score (nSPS) is 19.1. The number of carbonyl (C=O) groups is 1. The number of thioether (sulfide) groups is 1. The molecule has 1 aromatic heterocycles. The van der Waals surface area contributed by atoms with E-state index in [1.54, 1.807) is 18.1 Å². The van der Waals surface area contributed by atoms with Crippen LogP contribution in [-0.4, -0.2) is 21.5 Å². The molecule has 1 aliphatic rings. The highest BCUT2D eigenvalue weighted by atomic mass is 32.2. The molecule has 0 spiro atoms. The quantitative estimate of drug-likeness (QED) is 0.883. The molecule has 1 N–H and O–H groups in total. The lowest BCUT2D eigenvalue weighted by Gasteiger charge is -2.21. The van der Waals surface area contributed by atoms with Gasteiger partial charge in [-0.1, -0.05) is 18.2 Å². The van der Waals surface area contributed by atoms with Crippen LogP contribution in [0.4, 0.5) is 0 Å².